The molecule has 5 aliphatic rings. The van der Waals surface area contributed by atoms with Gasteiger partial charge in [-0.15, -0.1) is 23.0 Å². The van der Waals surface area contributed by atoms with Crippen LogP contribution in [0.3, 0.4) is 0 Å². The smallest absolute Gasteiger partial charge is 1.00 e. The molecule has 0 saturated heterocycles. The van der Waals surface area contributed by atoms with E-state index in [4.69, 9.17) is 56.3 Å². The van der Waals surface area contributed by atoms with Crippen molar-refractivity contribution in [3.63, 3.8) is 0 Å². The standard InChI is InChI=1S/C23H28FN3OS.C17H22N2OS.C13H13NO.C13H11NO.C10H15FNSi.C9H7NO.C4H11NOS.C4H6O.3C4H9.4C3H8O.BrH.K.Mg.H2O.Sn.Ti.2H/c1-22(2,3)29(28)27-23(12-11-16-7-8-16,18-6-4-5-17(13-18)15-25)19-9-10-20(24)21(26)14-19;1-17(2,3)21(20)19-16(10-9-13-7-8-13)15-6-4-5-14(11-15)12-18;2*1-14-12-4-2-3-11(9-12)13(15)8-7-10-5-6-10;1-12(13(2,3)4)10-8-6-5-7-9(10)11;1-7(11)8-4-3-5-9(6-8)10-2;1-4(2,3)7(5)6;5-3-4-1-2-4;3*1-3-4-2;4*1-3(2)4;;;;;;;;/h4-6,9-10,13-14,16,27H,7-8,11-12,26H2,1-3H3;4-6,11,13H,7-10H2,1-3H3;2-4,9-10H,5-8H2;2-4,7-10H,5-6H2;5,7-8H,1-4H3;3-6H,1H3;5H2,1-3H3;3-4H,1-2H2;3*1,3-4H2,2H3;4*3-4H,1-2H3;1H;;;1H2;;;;/q;;;;-1;;;;;;;;;;;;+1;+2;;;;;-1/p-1/b;;;8-7+;;;;;;;;;;;;;;;;;;;. The van der Waals surface area contributed by atoms with E-state index in [0.717, 1.165) is 79.0 Å². The normalized spacial score (nSPS) is 13.8. The van der Waals surface area contributed by atoms with Gasteiger partial charge < -0.3 is 42.4 Å². The first kappa shape index (κ1) is 155. The van der Waals surface area contributed by atoms with E-state index in [-0.39, 0.29) is 183 Å². The molecule has 0 spiro atoms. The maximum absolute atomic E-state index is 13.9. The van der Waals surface area contributed by atoms with Crippen LogP contribution < -0.4 is 71.5 Å². The molecule has 0 amide bonds. The van der Waals surface area contributed by atoms with Crippen LogP contribution >= 0.6 is 17.0 Å². The van der Waals surface area contributed by atoms with E-state index in [9.17, 15) is 45.8 Å². The van der Waals surface area contributed by atoms with Gasteiger partial charge in [0.15, 0.2) is 34.4 Å². The first-order chi connectivity index (χ1) is 67.9. The molecule has 0 radical (unpaired) electrons. The molecule has 5 fully saturated rings. The number of nitriles is 2. The van der Waals surface area contributed by atoms with Crippen molar-refractivity contribution in [3.05, 3.63) is 266 Å². The van der Waals surface area contributed by atoms with Crippen LogP contribution in [-0.4, -0.2) is 165 Å². The first-order valence-corrected chi connectivity index (χ1v) is 65.1. The number of nitrogen functional groups attached to an aromatic ring is 1. The maximum atomic E-state index is 13.9. The summed E-state index contributed by atoms with van der Waals surface area (Å²) in [6, 6.07) is 51.9. The van der Waals surface area contributed by atoms with Crippen LogP contribution in [0.25, 0.3) is 14.5 Å². The van der Waals surface area contributed by atoms with Crippen LogP contribution in [0.15, 0.2) is 174 Å². The van der Waals surface area contributed by atoms with Gasteiger partial charge in [0.05, 0.1) is 96.1 Å². The predicted molar refractivity (Wildman–Crippen MR) is 627 cm³/mol. The number of aliphatic hydroxyl groups excluding tert-OH is 4. The molecule has 22 nitrogen and oxygen atoms in total. The number of hydrogen-bond acceptors (Lipinski definition) is 16. The monoisotopic (exact) mass is 2380 g/mol. The molecule has 820 valence electrons. The summed E-state index contributed by atoms with van der Waals surface area (Å²) in [7, 11) is -3.36. The van der Waals surface area contributed by atoms with Crippen LogP contribution in [0.5, 0.6) is 0 Å². The van der Waals surface area contributed by atoms with Crippen LogP contribution in [0.4, 0.5) is 37.2 Å². The molecule has 5 aliphatic carbocycles. The Kier molecular flexibility index (Phi) is 87.3. The molecule has 0 bridgehead atoms. The van der Waals surface area contributed by atoms with Crippen LogP contribution in [-0.2, 0) is 65.0 Å². The van der Waals surface area contributed by atoms with E-state index >= 15 is 0 Å². The second kappa shape index (κ2) is 84.5. The number of halogens is 3. The molecule has 33 heteroatoms. The van der Waals surface area contributed by atoms with Crippen LogP contribution in [0.2, 0.25) is 33.0 Å². The number of unbranched alkanes of at least 4 members (excludes halogenated alkanes) is 3. The fourth-order valence-electron chi connectivity index (χ4n) is 12.4. The number of carbonyl (C=O) groups excluding carboxylic acids is 4. The second-order valence-corrected chi connectivity index (χ2v) is 62.6. The van der Waals surface area contributed by atoms with Gasteiger partial charge in [-0.3, -0.25) is 19.5 Å². The fourth-order valence-corrected chi connectivity index (χ4v) is 25.8. The molecule has 4 unspecified atom stereocenters. The number of rotatable bonds is 32. The summed E-state index contributed by atoms with van der Waals surface area (Å²) in [6.45, 7) is 66.3. The maximum Gasteiger partial charge on any atom is 2.00 e. The summed E-state index contributed by atoms with van der Waals surface area (Å²) in [5.41, 5.74) is 13.8. The number of Topliss-reactive ketones (excluding diaryl/α,β-unsaturated/α-hetero) is 2. The number of ketones is 3. The summed E-state index contributed by atoms with van der Waals surface area (Å²) < 4.78 is 77.0. The van der Waals surface area contributed by atoms with Crippen molar-refractivity contribution >= 4 is 159 Å². The number of nitrogens with one attached hydrogen (secondary N) is 1. The van der Waals surface area contributed by atoms with Gasteiger partial charge >= 0.3 is 167 Å². The molecule has 10 N–H and O–H groups in total. The van der Waals surface area contributed by atoms with Gasteiger partial charge in [0.25, 0.3) is 0 Å². The molecular weight excluding hydrogens is 2210 g/mol. The van der Waals surface area contributed by atoms with E-state index in [1.54, 1.807) is 184 Å². The zero-order valence-corrected chi connectivity index (χ0v) is 109. The Bertz CT molecular complexity index is 5340. The Balaban J connectivity index is -0.000000310. The van der Waals surface area contributed by atoms with Crippen molar-refractivity contribution in [2.45, 2.75) is 364 Å². The Morgan fingerprint density at radius 3 is 1.35 bits per heavy atom. The van der Waals surface area contributed by atoms with Crippen molar-refractivity contribution < 1.29 is 141 Å². The summed E-state index contributed by atoms with van der Waals surface area (Å²) >= 11 is -0.967. The molecule has 12 rings (SSSR count). The molecular formula is C117H176BrF2KMgN10O12S3SiSnTi. The molecule has 7 aromatic carbocycles. The summed E-state index contributed by atoms with van der Waals surface area (Å²) in [5, 5.41) is 55.7. The third-order valence-corrected chi connectivity index (χ3v) is 39.0. The number of aldehydes is 1. The van der Waals surface area contributed by atoms with Gasteiger partial charge in [0, 0.05) is 81.0 Å². The number of benzene rings is 7. The number of allylic oxidation sites excluding steroid dienone is 2. The predicted octanol–water partition coefficient (Wildman–Crippen LogP) is 25.4. The van der Waals surface area contributed by atoms with E-state index in [1.807, 2.05) is 116 Å². The van der Waals surface area contributed by atoms with Gasteiger partial charge in [0.2, 0.25) is 0 Å². The largest absolute Gasteiger partial charge is 2.00 e. The summed E-state index contributed by atoms with van der Waals surface area (Å²) in [4.78, 5) is 53.6. The Morgan fingerprint density at radius 2 is 0.980 bits per heavy atom. The molecule has 5 saturated carbocycles. The van der Waals surface area contributed by atoms with Gasteiger partial charge in [-0.05, 0) is 296 Å². The van der Waals surface area contributed by atoms with Gasteiger partial charge in [-0.2, -0.15) is 33.1 Å². The SMILES string of the molecule is Br.CC(C)(C)S(=O)N=C(CCC1CC1)c1cccc(C#N)c1.CC(C)(C)S(=O)NC(CCC1CC1)(c1cccc(C#N)c1)c1ccc(F)c(N)c1.CC(C)(C)S(N)=O.CC(C)O.CC(C)O.CC(C)O.CC(C)O.CCC[CH2][SnH]([CH2]CCC)[CH2]CCC.CN(c1c[c-]ccc1F)[Si](C)(C)C.O=CC1CC1.[C-]#[N+]c1cccc(C(=O)/C=C/C2CC2)c1.[C-]#[N+]c1cccc(C(=O)CCC2CC2)c1.[C-]#[N+]c1cccc(C(C)=O)c1.[H-].[K+].[Mg+2].[OH-].[Ti]. The number of nitrogens with zero attached hydrogens (tertiary/aromatic N) is 7. The summed E-state index contributed by atoms with van der Waals surface area (Å²) in [6.07, 6.45) is 30.3. The minimum absolute atomic E-state index is 0. The molecule has 0 heterocycles. The molecule has 0 aromatic heterocycles. The quantitative estimate of drug-likeness (QED) is 0.00392. The van der Waals surface area contributed by atoms with E-state index in [0.29, 0.717) is 81.2 Å². The van der Waals surface area contributed by atoms with Gasteiger partial charge in [-0.1, -0.05) is 149 Å². The Labute approximate surface area is 1000 Å². The zero-order chi connectivity index (χ0) is 110. The average Bonchev–Trinajstić information content (AvgIpc) is 1.68. The fraction of sp³-hybridized carbons (Fsp3) is 0.538. The van der Waals surface area contributed by atoms with Crippen LogP contribution in [0.1, 0.15) is 347 Å². The first-order valence-electron chi connectivity index (χ1n) is 51.1. The van der Waals surface area contributed by atoms with Crippen molar-refractivity contribution in [3.8, 4) is 12.1 Å². The van der Waals surface area contributed by atoms with Gasteiger partial charge in [0.1, 0.15) is 31.3 Å². The molecule has 7 aromatic rings. The Hall–Kier alpha value is -5.68. The molecule has 0 aliphatic heterocycles. The van der Waals surface area contributed by atoms with Crippen molar-refractivity contribution in [2.75, 3.05) is 17.3 Å². The van der Waals surface area contributed by atoms with E-state index in [1.165, 1.54) is 109 Å². The number of aliphatic hydroxyl groups is 4. The van der Waals surface area contributed by atoms with Crippen molar-refractivity contribution in [1.29, 1.82) is 10.5 Å². The van der Waals surface area contributed by atoms with E-state index in [2.05, 4.69) is 82.3 Å². The third-order valence-electron chi connectivity index (χ3n) is 22.0. The third kappa shape index (κ3) is 76.1. The van der Waals surface area contributed by atoms with Crippen molar-refractivity contribution in [1.82, 2.24) is 4.72 Å². The number of nitrogens with two attached hydrogens (primary N) is 2. The van der Waals surface area contributed by atoms with Crippen LogP contribution in [0, 0.1) is 89.7 Å². The number of anilines is 2. The minimum atomic E-state index is -1.46. The number of hydrogen-bond donors (Lipinski definition) is 7. The average molecular weight is 2390 g/mol. The minimum Gasteiger partial charge on any atom is -1.00 e. The Morgan fingerprint density at radius 1 is 0.587 bits per heavy atom. The van der Waals surface area contributed by atoms with E-state index < -0.39 is 77.1 Å². The van der Waals surface area contributed by atoms with Crippen molar-refractivity contribution in [2.24, 2.45) is 39.1 Å². The van der Waals surface area contributed by atoms with Gasteiger partial charge in [-0.25, -0.2) is 40.7 Å². The molecule has 4 atom stereocenters. The number of carbonyl (C=O) groups is 4. The summed E-state index contributed by atoms with van der Waals surface area (Å²) in [5.74, 6) is 2.83. The molecule has 150 heavy (non-hydrogen) atoms. The zero-order valence-electron chi connectivity index (χ0n) is 95.7. The topological polar surface area (TPSA) is 371 Å². The second-order valence-electron chi connectivity index (χ2n) is 42.0.